The molecule has 1 aliphatic heterocycles. The van der Waals surface area contributed by atoms with Crippen LogP contribution >= 0.6 is 0 Å². The van der Waals surface area contributed by atoms with Crippen molar-refractivity contribution < 1.29 is 9.59 Å². The van der Waals surface area contributed by atoms with Gasteiger partial charge in [-0.15, -0.1) is 0 Å². The minimum Gasteiger partial charge on any atom is -0.347 e. The minimum absolute atomic E-state index is 0.0570. The molecular formula is C15H27N3O2. The number of carbonyl (C=O) groups excluding carboxylic acids is 2. The van der Waals surface area contributed by atoms with E-state index in [0.717, 1.165) is 45.1 Å². The molecule has 114 valence electrons. The van der Waals surface area contributed by atoms with E-state index in [1.807, 2.05) is 0 Å². The number of rotatable bonds is 3. The van der Waals surface area contributed by atoms with Gasteiger partial charge in [-0.25, -0.2) is 0 Å². The third kappa shape index (κ3) is 3.51. The molecule has 0 spiro atoms. The average Bonchev–Trinajstić information content (AvgIpc) is 2.89. The van der Waals surface area contributed by atoms with Crippen LogP contribution < -0.4 is 5.73 Å². The van der Waals surface area contributed by atoms with Crippen LogP contribution in [0.15, 0.2) is 0 Å². The molecule has 2 aliphatic rings. The standard InChI is InChI=1S/C15H27N3O2/c1-17(2)15(20)13-4-3-9-18(13)14(19)10-11-5-7-12(16)8-6-11/h11-13H,3-10,16H2,1-2H3. The Morgan fingerprint density at radius 3 is 2.40 bits per heavy atom. The molecule has 5 nitrogen and oxygen atoms in total. The number of hydrogen-bond acceptors (Lipinski definition) is 3. The van der Waals surface area contributed by atoms with Crippen LogP contribution in [0.4, 0.5) is 0 Å². The van der Waals surface area contributed by atoms with Crippen molar-refractivity contribution in [3.8, 4) is 0 Å². The molecule has 0 bridgehead atoms. The summed E-state index contributed by atoms with van der Waals surface area (Å²) in [6.45, 7) is 0.731. The van der Waals surface area contributed by atoms with Gasteiger partial charge in [0, 0.05) is 33.1 Å². The van der Waals surface area contributed by atoms with Gasteiger partial charge in [-0.1, -0.05) is 0 Å². The monoisotopic (exact) mass is 281 g/mol. The van der Waals surface area contributed by atoms with Crippen molar-refractivity contribution in [1.29, 1.82) is 0 Å². The Hall–Kier alpha value is -1.10. The Morgan fingerprint density at radius 2 is 1.80 bits per heavy atom. The van der Waals surface area contributed by atoms with E-state index in [9.17, 15) is 9.59 Å². The zero-order chi connectivity index (χ0) is 14.7. The zero-order valence-electron chi connectivity index (χ0n) is 12.7. The van der Waals surface area contributed by atoms with E-state index < -0.39 is 0 Å². The number of likely N-dealkylation sites (N-methyl/N-ethyl adjacent to an activating group) is 1. The Bertz CT molecular complexity index is 362. The van der Waals surface area contributed by atoms with Gasteiger partial charge in [-0.2, -0.15) is 0 Å². The molecule has 2 fully saturated rings. The Balaban J connectivity index is 1.89. The first kappa shape index (κ1) is 15.3. The van der Waals surface area contributed by atoms with Crippen LogP contribution in [0, 0.1) is 5.92 Å². The van der Waals surface area contributed by atoms with Crippen molar-refractivity contribution in [1.82, 2.24) is 9.80 Å². The highest BCUT2D eigenvalue weighted by molar-refractivity contribution is 5.88. The van der Waals surface area contributed by atoms with Crippen molar-refractivity contribution in [2.75, 3.05) is 20.6 Å². The van der Waals surface area contributed by atoms with E-state index in [1.54, 1.807) is 23.9 Å². The van der Waals surface area contributed by atoms with Crippen molar-refractivity contribution in [2.24, 2.45) is 11.7 Å². The molecule has 0 aromatic heterocycles. The fourth-order valence-corrected chi connectivity index (χ4v) is 3.38. The highest BCUT2D eigenvalue weighted by Crippen LogP contribution is 2.28. The van der Waals surface area contributed by atoms with Crippen LogP contribution in [0.5, 0.6) is 0 Å². The summed E-state index contributed by atoms with van der Waals surface area (Å²) in [5, 5.41) is 0. The van der Waals surface area contributed by atoms with E-state index in [-0.39, 0.29) is 17.9 Å². The number of nitrogens with zero attached hydrogens (tertiary/aromatic N) is 2. The van der Waals surface area contributed by atoms with E-state index in [4.69, 9.17) is 5.73 Å². The summed E-state index contributed by atoms with van der Waals surface area (Å²) in [5.74, 6) is 0.669. The van der Waals surface area contributed by atoms with Crippen molar-refractivity contribution in [2.45, 2.75) is 57.0 Å². The summed E-state index contributed by atoms with van der Waals surface area (Å²) in [6, 6.07) is 0.0829. The minimum atomic E-state index is -0.233. The summed E-state index contributed by atoms with van der Waals surface area (Å²) in [7, 11) is 3.51. The van der Waals surface area contributed by atoms with Crippen LogP contribution in [0.3, 0.4) is 0 Å². The van der Waals surface area contributed by atoms with E-state index in [1.165, 1.54) is 0 Å². The quantitative estimate of drug-likeness (QED) is 0.838. The second kappa shape index (κ2) is 6.57. The molecule has 5 heteroatoms. The number of likely N-dealkylation sites (tertiary alicyclic amines) is 1. The molecule has 2 N–H and O–H groups in total. The molecule has 2 amide bonds. The van der Waals surface area contributed by atoms with Crippen molar-refractivity contribution in [3.05, 3.63) is 0 Å². The Labute approximate surface area is 121 Å². The topological polar surface area (TPSA) is 66.6 Å². The van der Waals surface area contributed by atoms with Crippen LogP contribution in [0.1, 0.15) is 44.9 Å². The summed E-state index contributed by atoms with van der Waals surface area (Å²) in [5.41, 5.74) is 5.90. The maximum absolute atomic E-state index is 12.5. The van der Waals surface area contributed by atoms with Crippen molar-refractivity contribution >= 4 is 11.8 Å². The van der Waals surface area contributed by atoms with Gasteiger partial charge in [0.25, 0.3) is 0 Å². The first-order valence-corrected chi connectivity index (χ1v) is 7.75. The lowest BCUT2D eigenvalue weighted by Gasteiger charge is -2.30. The molecule has 0 aromatic carbocycles. The SMILES string of the molecule is CN(C)C(=O)C1CCCN1C(=O)CC1CCC(N)CC1. The molecule has 2 rings (SSSR count). The van der Waals surface area contributed by atoms with E-state index >= 15 is 0 Å². The van der Waals surface area contributed by atoms with Crippen LogP contribution in [-0.4, -0.2) is 54.3 Å². The second-order valence-corrected chi connectivity index (χ2v) is 6.46. The van der Waals surface area contributed by atoms with Crippen LogP contribution in [0.2, 0.25) is 0 Å². The zero-order valence-corrected chi connectivity index (χ0v) is 12.7. The fourth-order valence-electron chi connectivity index (χ4n) is 3.38. The molecule has 1 saturated heterocycles. The van der Waals surface area contributed by atoms with E-state index in [0.29, 0.717) is 18.4 Å². The summed E-state index contributed by atoms with van der Waals surface area (Å²) in [4.78, 5) is 28.0. The maximum Gasteiger partial charge on any atom is 0.244 e. The molecule has 0 aromatic rings. The largest absolute Gasteiger partial charge is 0.347 e. The molecule has 1 aliphatic carbocycles. The van der Waals surface area contributed by atoms with Crippen LogP contribution in [-0.2, 0) is 9.59 Å². The van der Waals surface area contributed by atoms with Gasteiger partial charge in [0.2, 0.25) is 11.8 Å². The average molecular weight is 281 g/mol. The molecule has 1 unspecified atom stereocenters. The van der Waals surface area contributed by atoms with Crippen molar-refractivity contribution in [3.63, 3.8) is 0 Å². The molecule has 20 heavy (non-hydrogen) atoms. The first-order valence-electron chi connectivity index (χ1n) is 7.75. The third-order valence-corrected chi connectivity index (χ3v) is 4.65. The lowest BCUT2D eigenvalue weighted by molar-refractivity contribution is -0.143. The maximum atomic E-state index is 12.5. The predicted molar refractivity (Wildman–Crippen MR) is 78.0 cm³/mol. The third-order valence-electron chi connectivity index (χ3n) is 4.65. The molecule has 0 radical (unpaired) electrons. The second-order valence-electron chi connectivity index (χ2n) is 6.46. The van der Waals surface area contributed by atoms with E-state index in [2.05, 4.69) is 0 Å². The normalized spacial score (nSPS) is 30.4. The molecule has 1 heterocycles. The van der Waals surface area contributed by atoms with Gasteiger partial charge in [0.05, 0.1) is 0 Å². The lowest BCUT2D eigenvalue weighted by Crippen LogP contribution is -2.46. The summed E-state index contributed by atoms with van der Waals surface area (Å²) < 4.78 is 0. The predicted octanol–water partition coefficient (Wildman–Crippen LogP) is 0.973. The van der Waals surface area contributed by atoms with Gasteiger partial charge >= 0.3 is 0 Å². The first-order chi connectivity index (χ1) is 9.49. The van der Waals surface area contributed by atoms with Gasteiger partial charge in [0.1, 0.15) is 6.04 Å². The van der Waals surface area contributed by atoms with Gasteiger partial charge in [-0.05, 0) is 44.4 Å². The molecular weight excluding hydrogens is 254 g/mol. The smallest absolute Gasteiger partial charge is 0.244 e. The highest BCUT2D eigenvalue weighted by atomic mass is 16.2. The van der Waals surface area contributed by atoms with Gasteiger partial charge in [-0.3, -0.25) is 9.59 Å². The van der Waals surface area contributed by atoms with Gasteiger partial charge in [0.15, 0.2) is 0 Å². The number of carbonyl (C=O) groups is 2. The van der Waals surface area contributed by atoms with Gasteiger partial charge < -0.3 is 15.5 Å². The van der Waals surface area contributed by atoms with Crippen LogP contribution in [0.25, 0.3) is 0 Å². The molecule has 1 saturated carbocycles. The Kier molecular flexibility index (Phi) is 5.02. The summed E-state index contributed by atoms with van der Waals surface area (Å²) in [6.07, 6.45) is 6.48. The highest BCUT2D eigenvalue weighted by Gasteiger charge is 2.35. The summed E-state index contributed by atoms with van der Waals surface area (Å²) >= 11 is 0. The number of hydrogen-bond donors (Lipinski definition) is 1. The number of nitrogens with two attached hydrogens (primary N) is 1. The number of amides is 2. The lowest BCUT2D eigenvalue weighted by atomic mass is 9.84. The fraction of sp³-hybridized carbons (Fsp3) is 0.867. The molecule has 1 atom stereocenters. The Morgan fingerprint density at radius 1 is 1.15 bits per heavy atom.